The van der Waals surface area contributed by atoms with E-state index in [1.165, 1.54) is 6.07 Å². The standard InChI is InChI=1S/C8H9BrN2O4S2/c9-6-1-2-7(16-6)17(14,15)10-5-3-11(4-5)8(12)13/h1-2,5,10H,3-4H2,(H,12,13). The summed E-state index contributed by atoms with van der Waals surface area (Å²) in [6.45, 7) is 0.391. The Morgan fingerprint density at radius 2 is 2.18 bits per heavy atom. The summed E-state index contributed by atoms with van der Waals surface area (Å²) in [5, 5.41) is 8.61. The fourth-order valence-electron chi connectivity index (χ4n) is 1.43. The number of amides is 1. The lowest BCUT2D eigenvalue weighted by Gasteiger charge is -2.36. The zero-order valence-electron chi connectivity index (χ0n) is 8.46. The number of hydrogen-bond donors (Lipinski definition) is 2. The number of rotatable bonds is 3. The SMILES string of the molecule is O=C(O)N1CC(NS(=O)(=O)c2ccc(Br)s2)C1. The molecule has 2 heterocycles. The van der Waals surface area contributed by atoms with E-state index in [9.17, 15) is 13.2 Å². The number of nitrogens with one attached hydrogen (secondary N) is 1. The highest BCUT2D eigenvalue weighted by Crippen LogP contribution is 2.26. The molecule has 17 heavy (non-hydrogen) atoms. The van der Waals surface area contributed by atoms with Crippen molar-refractivity contribution in [3.05, 3.63) is 15.9 Å². The molecule has 2 rings (SSSR count). The Kier molecular flexibility index (Phi) is 3.43. The molecule has 0 radical (unpaired) electrons. The van der Waals surface area contributed by atoms with Crippen LogP contribution in [0.25, 0.3) is 0 Å². The molecule has 0 aliphatic carbocycles. The van der Waals surface area contributed by atoms with Crippen LogP contribution in [0.15, 0.2) is 20.1 Å². The second-order valence-electron chi connectivity index (χ2n) is 3.56. The fraction of sp³-hybridized carbons (Fsp3) is 0.375. The van der Waals surface area contributed by atoms with Crippen LogP contribution < -0.4 is 4.72 Å². The average Bonchev–Trinajstić information content (AvgIpc) is 2.57. The molecular weight excluding hydrogens is 332 g/mol. The van der Waals surface area contributed by atoms with Crippen LogP contribution in [0.4, 0.5) is 4.79 Å². The number of likely N-dealkylation sites (tertiary alicyclic amines) is 1. The first-order chi connectivity index (χ1) is 7.88. The van der Waals surface area contributed by atoms with Crippen LogP contribution in [-0.2, 0) is 10.0 Å². The van der Waals surface area contributed by atoms with Crippen molar-refractivity contribution in [3.63, 3.8) is 0 Å². The molecule has 1 fully saturated rings. The zero-order chi connectivity index (χ0) is 12.6. The van der Waals surface area contributed by atoms with E-state index in [-0.39, 0.29) is 23.3 Å². The van der Waals surface area contributed by atoms with Crippen molar-refractivity contribution >= 4 is 43.4 Å². The molecule has 94 valence electrons. The summed E-state index contributed by atoms with van der Waals surface area (Å²) in [4.78, 5) is 11.7. The van der Waals surface area contributed by atoms with Gasteiger partial charge in [-0.05, 0) is 28.1 Å². The number of sulfonamides is 1. The van der Waals surface area contributed by atoms with Crippen molar-refractivity contribution in [3.8, 4) is 0 Å². The van der Waals surface area contributed by atoms with Gasteiger partial charge in [0.05, 0.1) is 9.83 Å². The maximum Gasteiger partial charge on any atom is 0.407 e. The molecule has 1 amide bonds. The first-order valence-corrected chi connectivity index (χ1v) is 7.73. The van der Waals surface area contributed by atoms with Crippen LogP contribution in [0.3, 0.4) is 0 Å². The van der Waals surface area contributed by atoms with Gasteiger partial charge in [-0.3, -0.25) is 0 Å². The van der Waals surface area contributed by atoms with Gasteiger partial charge in [-0.1, -0.05) is 0 Å². The molecule has 1 aliphatic heterocycles. The fourth-order valence-corrected chi connectivity index (χ4v) is 4.67. The normalized spacial score (nSPS) is 16.9. The lowest BCUT2D eigenvalue weighted by Crippen LogP contribution is -2.60. The average molecular weight is 341 g/mol. The van der Waals surface area contributed by atoms with Crippen LogP contribution in [0.2, 0.25) is 0 Å². The van der Waals surface area contributed by atoms with Gasteiger partial charge >= 0.3 is 6.09 Å². The van der Waals surface area contributed by atoms with Crippen LogP contribution in [0, 0.1) is 0 Å². The lowest BCUT2D eigenvalue weighted by molar-refractivity contribution is 0.102. The number of halogens is 1. The van der Waals surface area contributed by atoms with Gasteiger partial charge in [0, 0.05) is 13.1 Å². The highest BCUT2D eigenvalue weighted by molar-refractivity contribution is 9.11. The summed E-state index contributed by atoms with van der Waals surface area (Å²) >= 11 is 4.31. The summed E-state index contributed by atoms with van der Waals surface area (Å²) in [7, 11) is -3.53. The third-order valence-electron chi connectivity index (χ3n) is 2.29. The van der Waals surface area contributed by atoms with E-state index in [2.05, 4.69) is 20.7 Å². The van der Waals surface area contributed by atoms with Crippen LogP contribution >= 0.6 is 27.3 Å². The van der Waals surface area contributed by atoms with E-state index in [0.717, 1.165) is 20.0 Å². The van der Waals surface area contributed by atoms with Crippen molar-refractivity contribution in [2.24, 2.45) is 0 Å². The largest absolute Gasteiger partial charge is 0.465 e. The summed E-state index contributed by atoms with van der Waals surface area (Å²) < 4.78 is 27.1. The monoisotopic (exact) mass is 340 g/mol. The van der Waals surface area contributed by atoms with Crippen molar-refractivity contribution < 1.29 is 18.3 Å². The molecule has 1 aromatic heterocycles. The van der Waals surface area contributed by atoms with Crippen LogP contribution in [-0.4, -0.2) is 43.6 Å². The Morgan fingerprint density at radius 3 is 2.65 bits per heavy atom. The van der Waals surface area contributed by atoms with Gasteiger partial charge in [0.25, 0.3) is 0 Å². The van der Waals surface area contributed by atoms with Crippen molar-refractivity contribution in [1.82, 2.24) is 9.62 Å². The minimum Gasteiger partial charge on any atom is -0.465 e. The molecule has 0 unspecified atom stereocenters. The topological polar surface area (TPSA) is 86.7 Å². The Bertz CT molecular complexity index is 535. The second kappa shape index (κ2) is 4.56. The van der Waals surface area contributed by atoms with Crippen molar-refractivity contribution in [2.45, 2.75) is 10.3 Å². The van der Waals surface area contributed by atoms with Gasteiger partial charge in [0.2, 0.25) is 10.0 Å². The molecule has 0 saturated carbocycles. The number of nitrogens with zero attached hydrogens (tertiary/aromatic N) is 1. The molecule has 6 nitrogen and oxygen atoms in total. The summed E-state index contributed by atoms with van der Waals surface area (Å²) in [5.74, 6) is 0. The van der Waals surface area contributed by atoms with Crippen molar-refractivity contribution in [2.75, 3.05) is 13.1 Å². The van der Waals surface area contributed by atoms with Gasteiger partial charge in [0.15, 0.2) is 0 Å². The first-order valence-electron chi connectivity index (χ1n) is 4.64. The minimum absolute atomic E-state index is 0.196. The summed E-state index contributed by atoms with van der Waals surface area (Å²) in [5.41, 5.74) is 0. The van der Waals surface area contributed by atoms with E-state index in [1.807, 2.05) is 0 Å². The van der Waals surface area contributed by atoms with Crippen LogP contribution in [0.1, 0.15) is 0 Å². The van der Waals surface area contributed by atoms with Gasteiger partial charge in [0.1, 0.15) is 4.21 Å². The Morgan fingerprint density at radius 1 is 1.53 bits per heavy atom. The van der Waals surface area contributed by atoms with E-state index in [4.69, 9.17) is 5.11 Å². The smallest absolute Gasteiger partial charge is 0.407 e. The third-order valence-corrected chi connectivity index (χ3v) is 5.92. The predicted octanol–water partition coefficient (Wildman–Crippen LogP) is 1.15. The van der Waals surface area contributed by atoms with Gasteiger partial charge in [-0.15, -0.1) is 11.3 Å². The highest BCUT2D eigenvalue weighted by Gasteiger charge is 2.34. The summed E-state index contributed by atoms with van der Waals surface area (Å²) in [6.07, 6.45) is -1.03. The Balaban J connectivity index is 1.98. The van der Waals surface area contributed by atoms with Crippen molar-refractivity contribution in [1.29, 1.82) is 0 Å². The number of thiophene rings is 1. The van der Waals surface area contributed by atoms with Crippen LogP contribution in [0.5, 0.6) is 0 Å². The van der Waals surface area contributed by atoms with Gasteiger partial charge < -0.3 is 10.0 Å². The number of carboxylic acid groups (broad SMARTS) is 1. The number of carbonyl (C=O) groups is 1. The van der Waals surface area contributed by atoms with Gasteiger partial charge in [-0.25, -0.2) is 17.9 Å². The number of hydrogen-bond acceptors (Lipinski definition) is 4. The molecule has 0 atom stereocenters. The molecule has 1 aromatic rings. The molecule has 0 spiro atoms. The molecule has 9 heteroatoms. The quantitative estimate of drug-likeness (QED) is 0.864. The zero-order valence-corrected chi connectivity index (χ0v) is 11.7. The molecule has 1 saturated heterocycles. The molecule has 2 N–H and O–H groups in total. The predicted molar refractivity (Wildman–Crippen MR) is 65.7 cm³/mol. The lowest BCUT2D eigenvalue weighted by atomic mass is 10.1. The highest BCUT2D eigenvalue weighted by atomic mass is 79.9. The van der Waals surface area contributed by atoms with E-state index < -0.39 is 16.1 Å². The third kappa shape index (κ3) is 2.79. The maximum absolute atomic E-state index is 11.8. The van der Waals surface area contributed by atoms with E-state index in [1.54, 1.807) is 6.07 Å². The van der Waals surface area contributed by atoms with Gasteiger partial charge in [-0.2, -0.15) is 0 Å². The minimum atomic E-state index is -3.53. The maximum atomic E-state index is 11.8. The summed E-state index contributed by atoms with van der Waals surface area (Å²) in [6, 6.07) is 2.82. The molecule has 0 bridgehead atoms. The Hall–Kier alpha value is -0.640. The molecule has 1 aliphatic rings. The van der Waals surface area contributed by atoms with E-state index in [0.29, 0.717) is 0 Å². The molecule has 0 aromatic carbocycles. The first kappa shape index (κ1) is 12.8. The van der Waals surface area contributed by atoms with E-state index >= 15 is 0 Å². The second-order valence-corrected chi connectivity index (χ2v) is 7.97. The molecular formula is C8H9BrN2O4S2. The Labute approximate surface area is 110 Å².